The van der Waals surface area contributed by atoms with Crippen LogP contribution in [0.25, 0.3) is 0 Å². The Bertz CT molecular complexity index is 562. The molecule has 0 atom stereocenters. The van der Waals surface area contributed by atoms with Crippen molar-refractivity contribution in [2.75, 3.05) is 26.4 Å². The fraction of sp³-hybridized carbons (Fsp3) is 0.455. The molecule has 0 saturated heterocycles. The third kappa shape index (κ3) is 6.06. The Kier molecular flexibility index (Phi) is 9.05. The highest BCUT2D eigenvalue weighted by molar-refractivity contribution is 6.92. The summed E-state index contributed by atoms with van der Waals surface area (Å²) in [5.74, 6) is 0.682. The van der Waals surface area contributed by atoms with Gasteiger partial charge in [0.25, 0.3) is 0 Å². The highest BCUT2D eigenvalue weighted by Gasteiger charge is 2.42. The second-order valence-electron chi connectivity index (χ2n) is 6.78. The molecule has 0 unspecified atom stereocenters. The largest absolute Gasteiger partial charge is 0.407 e. The lowest BCUT2D eigenvalue weighted by Gasteiger charge is -2.31. The van der Waals surface area contributed by atoms with Crippen molar-refractivity contribution < 1.29 is 13.6 Å². The summed E-state index contributed by atoms with van der Waals surface area (Å²) in [7, 11) is -2.75. The lowest BCUT2D eigenvalue weighted by atomic mass is 10.1. The maximum absolute atomic E-state index is 6.59. The Balaban J connectivity index is 2.28. The van der Waals surface area contributed by atoms with Crippen LogP contribution in [0.2, 0.25) is 0 Å². The number of ether oxygens (including phenoxy) is 1. The minimum absolute atomic E-state index is 0.536. The van der Waals surface area contributed by atoms with Gasteiger partial charge in [0.15, 0.2) is 0 Å². The van der Waals surface area contributed by atoms with E-state index in [1.54, 1.807) is 0 Å². The van der Waals surface area contributed by atoms with Gasteiger partial charge in [-0.2, -0.15) is 0 Å². The van der Waals surface area contributed by atoms with Gasteiger partial charge >= 0.3 is 8.56 Å². The van der Waals surface area contributed by atoms with Gasteiger partial charge in [0.1, 0.15) is 0 Å². The van der Waals surface area contributed by atoms with E-state index in [2.05, 4.69) is 62.4 Å². The van der Waals surface area contributed by atoms with Crippen LogP contribution in [0.1, 0.15) is 33.6 Å². The van der Waals surface area contributed by atoms with Crippen molar-refractivity contribution in [3.63, 3.8) is 0 Å². The van der Waals surface area contributed by atoms with Crippen LogP contribution in [0.5, 0.6) is 0 Å². The van der Waals surface area contributed by atoms with Gasteiger partial charge < -0.3 is 13.6 Å². The van der Waals surface area contributed by atoms with E-state index in [4.69, 9.17) is 13.6 Å². The summed E-state index contributed by atoms with van der Waals surface area (Å²) >= 11 is 0. The maximum Gasteiger partial charge on any atom is 0.407 e. The van der Waals surface area contributed by atoms with Crippen molar-refractivity contribution in [1.29, 1.82) is 0 Å². The second kappa shape index (κ2) is 11.3. The zero-order valence-electron chi connectivity index (χ0n) is 16.3. The lowest BCUT2D eigenvalue weighted by Crippen LogP contribution is -2.63. The van der Waals surface area contributed by atoms with Crippen LogP contribution in [0.3, 0.4) is 0 Å². The molecular formula is C22H32O3Si. The first-order chi connectivity index (χ1) is 12.7. The summed E-state index contributed by atoms with van der Waals surface area (Å²) in [5, 5.41) is 2.29. The highest BCUT2D eigenvalue weighted by atomic mass is 28.4. The Morgan fingerprint density at radius 3 is 1.81 bits per heavy atom. The third-order valence-corrected chi connectivity index (χ3v) is 7.68. The Hall–Kier alpha value is -1.46. The van der Waals surface area contributed by atoms with Gasteiger partial charge in [0.05, 0.1) is 13.2 Å². The molecule has 0 aliphatic carbocycles. The number of hydrogen-bond donors (Lipinski definition) is 0. The average molecular weight is 373 g/mol. The molecule has 0 heterocycles. The first kappa shape index (κ1) is 20.8. The van der Waals surface area contributed by atoms with Crippen LogP contribution in [0.4, 0.5) is 0 Å². The highest BCUT2D eigenvalue weighted by Crippen LogP contribution is 2.13. The molecule has 2 aromatic carbocycles. The van der Waals surface area contributed by atoms with Crippen molar-refractivity contribution in [3.8, 4) is 0 Å². The van der Waals surface area contributed by atoms with E-state index in [0.29, 0.717) is 32.3 Å². The molecule has 2 rings (SSSR count). The van der Waals surface area contributed by atoms with E-state index < -0.39 is 8.56 Å². The number of benzene rings is 2. The predicted octanol–water partition coefficient (Wildman–Crippen LogP) is 3.75. The molecule has 0 aliphatic rings. The molecule has 0 radical (unpaired) electrons. The van der Waals surface area contributed by atoms with E-state index in [1.807, 2.05) is 19.1 Å². The van der Waals surface area contributed by atoms with Crippen LogP contribution in [-0.4, -0.2) is 35.0 Å². The SMILES string of the molecule is CCOCCO[Si](OCCCC(C)C)(c1ccccc1)c1ccccc1. The summed E-state index contributed by atoms with van der Waals surface area (Å²) in [6, 6.07) is 20.8. The topological polar surface area (TPSA) is 27.7 Å². The minimum atomic E-state index is -2.75. The molecular weight excluding hydrogens is 340 g/mol. The summed E-state index contributed by atoms with van der Waals surface area (Å²) in [6.07, 6.45) is 2.20. The summed E-state index contributed by atoms with van der Waals surface area (Å²) in [6.45, 7) is 9.03. The standard InChI is InChI=1S/C22H32O3Si/c1-4-23-18-19-25-26(21-13-7-5-8-14-21,22-15-9-6-10-16-22)24-17-11-12-20(2)3/h5-10,13-16,20H,4,11-12,17-19H2,1-3H3. The van der Waals surface area contributed by atoms with E-state index in [0.717, 1.165) is 23.2 Å². The minimum Gasteiger partial charge on any atom is -0.388 e. The van der Waals surface area contributed by atoms with E-state index in [-0.39, 0.29) is 0 Å². The molecule has 26 heavy (non-hydrogen) atoms. The Morgan fingerprint density at radius 2 is 1.31 bits per heavy atom. The molecule has 3 nitrogen and oxygen atoms in total. The van der Waals surface area contributed by atoms with Crippen LogP contribution in [0.15, 0.2) is 60.7 Å². The van der Waals surface area contributed by atoms with E-state index in [1.165, 1.54) is 0 Å². The van der Waals surface area contributed by atoms with E-state index in [9.17, 15) is 0 Å². The van der Waals surface area contributed by atoms with Gasteiger partial charge in [-0.25, -0.2) is 0 Å². The molecule has 0 aromatic heterocycles. The van der Waals surface area contributed by atoms with Crippen molar-refractivity contribution in [1.82, 2.24) is 0 Å². The zero-order chi connectivity index (χ0) is 18.7. The smallest absolute Gasteiger partial charge is 0.388 e. The van der Waals surface area contributed by atoms with Crippen molar-refractivity contribution in [2.45, 2.75) is 33.6 Å². The van der Waals surface area contributed by atoms with Crippen LogP contribution < -0.4 is 10.4 Å². The Labute approximate surface area is 159 Å². The zero-order valence-corrected chi connectivity index (χ0v) is 17.3. The summed E-state index contributed by atoms with van der Waals surface area (Å²) in [4.78, 5) is 0. The summed E-state index contributed by atoms with van der Waals surface area (Å²) < 4.78 is 18.6. The van der Waals surface area contributed by atoms with Crippen LogP contribution >= 0.6 is 0 Å². The van der Waals surface area contributed by atoms with Gasteiger partial charge in [-0.3, -0.25) is 0 Å². The van der Waals surface area contributed by atoms with Gasteiger partial charge in [0.2, 0.25) is 0 Å². The molecule has 4 heteroatoms. The van der Waals surface area contributed by atoms with Crippen LogP contribution in [0, 0.1) is 5.92 Å². The molecule has 2 aromatic rings. The lowest BCUT2D eigenvalue weighted by molar-refractivity contribution is 0.0917. The molecule has 0 aliphatic heterocycles. The van der Waals surface area contributed by atoms with Crippen molar-refractivity contribution >= 4 is 18.9 Å². The first-order valence-corrected chi connectivity index (χ1v) is 11.5. The summed E-state index contributed by atoms with van der Waals surface area (Å²) in [5.41, 5.74) is 0. The number of rotatable bonds is 12. The molecule has 0 fully saturated rings. The number of hydrogen-bond acceptors (Lipinski definition) is 3. The predicted molar refractivity (Wildman–Crippen MR) is 110 cm³/mol. The molecule has 0 saturated carbocycles. The van der Waals surface area contributed by atoms with Gasteiger partial charge in [-0.1, -0.05) is 74.5 Å². The van der Waals surface area contributed by atoms with E-state index >= 15 is 0 Å². The average Bonchev–Trinajstić information content (AvgIpc) is 2.68. The van der Waals surface area contributed by atoms with Gasteiger partial charge in [-0.05, 0) is 36.1 Å². The maximum atomic E-state index is 6.59. The van der Waals surface area contributed by atoms with Crippen molar-refractivity contribution in [3.05, 3.63) is 60.7 Å². The normalized spacial score (nSPS) is 11.8. The quantitative estimate of drug-likeness (QED) is 0.419. The monoisotopic (exact) mass is 372 g/mol. The van der Waals surface area contributed by atoms with Crippen LogP contribution in [-0.2, 0) is 13.6 Å². The van der Waals surface area contributed by atoms with Gasteiger partial charge in [-0.15, -0.1) is 0 Å². The first-order valence-electron chi connectivity index (χ1n) is 9.65. The molecule has 0 spiro atoms. The molecule has 0 bridgehead atoms. The Morgan fingerprint density at radius 1 is 0.769 bits per heavy atom. The third-order valence-electron chi connectivity index (χ3n) is 4.28. The molecule has 0 amide bonds. The fourth-order valence-electron chi connectivity index (χ4n) is 2.95. The second-order valence-corrected chi connectivity index (χ2v) is 9.74. The van der Waals surface area contributed by atoms with Gasteiger partial charge in [0, 0.05) is 13.2 Å². The molecule has 142 valence electrons. The van der Waals surface area contributed by atoms with Crippen molar-refractivity contribution in [2.24, 2.45) is 5.92 Å². The fourth-order valence-corrected chi connectivity index (χ4v) is 6.10. The molecule has 0 N–H and O–H groups in total.